The zero-order chi connectivity index (χ0) is 29.1. The molecule has 2 aromatic heterocycles. The van der Waals surface area contributed by atoms with Crippen LogP contribution in [0.3, 0.4) is 0 Å². The highest BCUT2D eigenvalue weighted by Crippen LogP contribution is 2.33. The van der Waals surface area contributed by atoms with Crippen LogP contribution in [0.25, 0.3) is 11.0 Å². The molecule has 0 radical (unpaired) electrons. The molecule has 1 fully saturated rings. The van der Waals surface area contributed by atoms with E-state index in [1.807, 2.05) is 0 Å². The normalized spacial score (nSPS) is 14.9. The van der Waals surface area contributed by atoms with Crippen LogP contribution in [0.1, 0.15) is 18.2 Å². The van der Waals surface area contributed by atoms with Gasteiger partial charge in [-0.1, -0.05) is 6.92 Å². The first-order valence-electron chi connectivity index (χ1n) is 13.3. The first-order valence-corrected chi connectivity index (χ1v) is 13.3. The standard InChI is InChI=1S/C29H30F4N6O2/c1-3-38-10-12-39(13-11-38)18-21(40)15-20-16-23(8-9-34-20)41-22-5-7-27-26(17-22)36-28(37(27)2)35-25-14-19(29(31,32)33)4-6-24(25)30/h4-9,14,16-17H,3,10-13,15,18H2,1-2H3,(H,35,36). The second kappa shape index (κ2) is 11.8. The third-order valence-corrected chi connectivity index (χ3v) is 7.11. The molecule has 0 unspecified atom stereocenters. The van der Waals surface area contributed by atoms with E-state index in [1.54, 1.807) is 48.1 Å². The lowest BCUT2D eigenvalue weighted by Gasteiger charge is -2.33. The van der Waals surface area contributed by atoms with Gasteiger partial charge in [-0.15, -0.1) is 0 Å². The number of likely N-dealkylation sites (N-methyl/N-ethyl adjacent to an activating group) is 1. The molecule has 0 aliphatic carbocycles. The number of piperazine rings is 1. The van der Waals surface area contributed by atoms with Gasteiger partial charge in [-0.25, -0.2) is 9.37 Å². The fourth-order valence-electron chi connectivity index (χ4n) is 4.80. The van der Waals surface area contributed by atoms with Gasteiger partial charge in [-0.3, -0.25) is 14.7 Å². The average Bonchev–Trinajstić information content (AvgIpc) is 3.24. The van der Waals surface area contributed by atoms with E-state index >= 15 is 0 Å². The number of rotatable bonds is 9. The number of imidazole rings is 1. The van der Waals surface area contributed by atoms with Crippen LogP contribution >= 0.6 is 0 Å². The molecular formula is C29H30F4N6O2. The average molecular weight is 571 g/mol. The van der Waals surface area contributed by atoms with Crippen molar-refractivity contribution < 1.29 is 27.1 Å². The number of pyridine rings is 1. The Morgan fingerprint density at radius 3 is 2.46 bits per heavy atom. The summed E-state index contributed by atoms with van der Waals surface area (Å²) < 4.78 is 61.2. The second-order valence-corrected chi connectivity index (χ2v) is 9.97. The second-order valence-electron chi connectivity index (χ2n) is 9.97. The fourth-order valence-corrected chi connectivity index (χ4v) is 4.80. The van der Waals surface area contributed by atoms with Crippen molar-refractivity contribution in [1.29, 1.82) is 0 Å². The van der Waals surface area contributed by atoms with Crippen LogP contribution in [0.15, 0.2) is 54.7 Å². The molecule has 5 rings (SSSR count). The van der Waals surface area contributed by atoms with Gasteiger partial charge in [0.1, 0.15) is 17.3 Å². The van der Waals surface area contributed by atoms with E-state index in [4.69, 9.17) is 4.74 Å². The summed E-state index contributed by atoms with van der Waals surface area (Å²) in [6.45, 7) is 7.22. The Labute approximate surface area is 234 Å². The van der Waals surface area contributed by atoms with Crippen LogP contribution in [0.2, 0.25) is 0 Å². The molecule has 8 nitrogen and oxygen atoms in total. The quantitative estimate of drug-likeness (QED) is 0.270. The van der Waals surface area contributed by atoms with E-state index in [-0.39, 0.29) is 23.8 Å². The Hall–Kier alpha value is -4.03. The van der Waals surface area contributed by atoms with E-state index < -0.39 is 17.6 Å². The molecule has 41 heavy (non-hydrogen) atoms. The van der Waals surface area contributed by atoms with Gasteiger partial charge in [0.05, 0.1) is 40.9 Å². The van der Waals surface area contributed by atoms with Crippen LogP contribution in [0.4, 0.5) is 29.2 Å². The molecule has 1 aliphatic heterocycles. The molecule has 0 atom stereocenters. The third kappa shape index (κ3) is 6.83. The fraction of sp³-hybridized carbons (Fsp3) is 0.345. The number of ether oxygens (including phenoxy) is 1. The SMILES string of the molecule is CCN1CCN(CC(=O)Cc2cc(Oc3ccc4c(c3)nc(Nc3cc(C(F)(F)F)ccc3F)n4C)ccn2)CC1. The van der Waals surface area contributed by atoms with Crippen LogP contribution in [0.5, 0.6) is 11.5 Å². The number of carbonyl (C=O) groups is 1. The Balaban J connectivity index is 1.26. The highest BCUT2D eigenvalue weighted by molar-refractivity contribution is 5.83. The number of aryl methyl sites for hydroxylation is 1. The molecule has 2 aromatic carbocycles. The highest BCUT2D eigenvalue weighted by Gasteiger charge is 2.31. The molecule has 0 bridgehead atoms. The summed E-state index contributed by atoms with van der Waals surface area (Å²) in [5.74, 6) is 0.381. The van der Waals surface area contributed by atoms with Gasteiger partial charge in [0.2, 0.25) is 5.95 Å². The summed E-state index contributed by atoms with van der Waals surface area (Å²) in [6.07, 6.45) is -2.82. The minimum atomic E-state index is -4.60. The van der Waals surface area contributed by atoms with E-state index in [0.717, 1.165) is 38.8 Å². The number of alkyl halides is 3. The highest BCUT2D eigenvalue weighted by atomic mass is 19.4. The maximum atomic E-state index is 14.3. The molecule has 1 N–H and O–H groups in total. The topological polar surface area (TPSA) is 75.5 Å². The number of benzene rings is 2. The summed E-state index contributed by atoms with van der Waals surface area (Å²) in [7, 11) is 1.67. The number of carbonyl (C=O) groups excluding carboxylic acids is 1. The monoisotopic (exact) mass is 570 g/mol. The molecule has 12 heteroatoms. The van der Waals surface area contributed by atoms with Crippen molar-refractivity contribution in [2.75, 3.05) is 44.6 Å². The van der Waals surface area contributed by atoms with Crippen molar-refractivity contribution in [3.63, 3.8) is 0 Å². The van der Waals surface area contributed by atoms with Gasteiger partial charge in [0.25, 0.3) is 0 Å². The van der Waals surface area contributed by atoms with Crippen LogP contribution in [-0.4, -0.2) is 69.4 Å². The first kappa shape index (κ1) is 28.5. The maximum absolute atomic E-state index is 14.3. The Morgan fingerprint density at radius 1 is 1.00 bits per heavy atom. The zero-order valence-corrected chi connectivity index (χ0v) is 22.7. The number of anilines is 2. The molecule has 3 heterocycles. The molecule has 0 saturated carbocycles. The minimum Gasteiger partial charge on any atom is -0.457 e. The predicted octanol–water partition coefficient (Wildman–Crippen LogP) is 5.41. The van der Waals surface area contributed by atoms with Gasteiger partial charge >= 0.3 is 6.18 Å². The van der Waals surface area contributed by atoms with Crippen molar-refractivity contribution in [1.82, 2.24) is 24.3 Å². The Bertz CT molecular complexity index is 1550. The zero-order valence-electron chi connectivity index (χ0n) is 22.7. The van der Waals surface area contributed by atoms with E-state index in [1.165, 1.54) is 0 Å². The van der Waals surface area contributed by atoms with Crippen molar-refractivity contribution in [3.05, 3.63) is 71.8 Å². The summed E-state index contributed by atoms with van der Waals surface area (Å²) in [5, 5.41) is 2.66. The summed E-state index contributed by atoms with van der Waals surface area (Å²) in [6, 6.07) is 10.7. The lowest BCUT2D eigenvalue weighted by Crippen LogP contribution is -2.47. The molecule has 1 saturated heterocycles. The van der Waals surface area contributed by atoms with Gasteiger partial charge in [0.15, 0.2) is 5.78 Å². The molecule has 4 aromatic rings. The summed E-state index contributed by atoms with van der Waals surface area (Å²) in [4.78, 5) is 25.9. The summed E-state index contributed by atoms with van der Waals surface area (Å²) in [5.41, 5.74) is 0.453. The Kier molecular flexibility index (Phi) is 8.22. The van der Waals surface area contributed by atoms with Gasteiger partial charge in [-0.05, 0) is 42.9 Å². The molecule has 216 valence electrons. The van der Waals surface area contributed by atoms with E-state index in [2.05, 4.69) is 32.0 Å². The van der Waals surface area contributed by atoms with E-state index in [9.17, 15) is 22.4 Å². The number of ketones is 1. The largest absolute Gasteiger partial charge is 0.457 e. The van der Waals surface area contributed by atoms with Crippen LogP contribution in [0, 0.1) is 5.82 Å². The molecule has 0 amide bonds. The Morgan fingerprint density at radius 2 is 1.73 bits per heavy atom. The molecule has 0 spiro atoms. The number of fused-ring (bicyclic) bond motifs is 1. The number of hydrogen-bond donors (Lipinski definition) is 1. The third-order valence-electron chi connectivity index (χ3n) is 7.11. The van der Waals surface area contributed by atoms with Crippen molar-refractivity contribution >= 4 is 28.5 Å². The minimum absolute atomic E-state index is 0.0896. The number of nitrogens with one attached hydrogen (secondary N) is 1. The molecular weight excluding hydrogens is 540 g/mol. The van der Waals surface area contributed by atoms with Gasteiger partial charge in [0, 0.05) is 51.6 Å². The van der Waals surface area contributed by atoms with Crippen LogP contribution in [-0.2, 0) is 24.4 Å². The summed E-state index contributed by atoms with van der Waals surface area (Å²) >= 11 is 0. The number of aromatic nitrogens is 3. The van der Waals surface area contributed by atoms with Gasteiger partial charge in [-0.2, -0.15) is 13.2 Å². The number of Topliss-reactive ketones (excluding diaryl/α,β-unsaturated/α-hetero) is 1. The number of hydrogen-bond acceptors (Lipinski definition) is 7. The maximum Gasteiger partial charge on any atom is 0.416 e. The molecule has 1 aliphatic rings. The first-order chi connectivity index (χ1) is 19.6. The predicted molar refractivity (Wildman–Crippen MR) is 147 cm³/mol. The van der Waals surface area contributed by atoms with E-state index in [0.29, 0.717) is 46.9 Å². The smallest absolute Gasteiger partial charge is 0.416 e. The lowest BCUT2D eigenvalue weighted by atomic mass is 10.1. The van der Waals surface area contributed by atoms with Gasteiger partial charge < -0.3 is 19.5 Å². The van der Waals surface area contributed by atoms with Crippen LogP contribution < -0.4 is 10.1 Å². The van der Waals surface area contributed by atoms with Crippen molar-refractivity contribution in [2.45, 2.75) is 19.5 Å². The number of nitrogens with zero attached hydrogens (tertiary/aromatic N) is 5. The van der Waals surface area contributed by atoms with Crippen molar-refractivity contribution in [3.8, 4) is 11.5 Å². The lowest BCUT2D eigenvalue weighted by molar-refractivity contribution is -0.137. The van der Waals surface area contributed by atoms with Crippen molar-refractivity contribution in [2.24, 2.45) is 7.05 Å². The number of halogens is 4.